The van der Waals surface area contributed by atoms with E-state index in [0.29, 0.717) is 17.4 Å². The SMILES string of the molecule is CC(Cc1cnccn1)NC(=O)c1cccc(OC2CCN(CC(C)(C)C)CC2)c1. The molecule has 6 heteroatoms. The molecule has 1 aliphatic heterocycles. The molecular formula is C24H34N4O2. The van der Waals surface area contributed by atoms with Gasteiger partial charge in [-0.05, 0) is 43.4 Å². The molecule has 1 aromatic heterocycles. The maximum atomic E-state index is 12.7. The lowest BCUT2D eigenvalue weighted by atomic mass is 9.94. The second-order valence-corrected chi connectivity index (χ2v) is 9.46. The van der Waals surface area contributed by atoms with Gasteiger partial charge in [0, 0.05) is 56.3 Å². The highest BCUT2D eigenvalue weighted by molar-refractivity contribution is 5.94. The fourth-order valence-electron chi connectivity index (χ4n) is 3.87. The predicted octanol–water partition coefficient (Wildman–Crippen LogP) is 3.73. The summed E-state index contributed by atoms with van der Waals surface area (Å²) in [4.78, 5) is 23.5. The minimum absolute atomic E-state index is 0.0362. The van der Waals surface area contributed by atoms with Crippen molar-refractivity contribution >= 4 is 5.91 Å². The molecule has 1 atom stereocenters. The molecule has 1 aliphatic rings. The van der Waals surface area contributed by atoms with Gasteiger partial charge in [-0.3, -0.25) is 14.8 Å². The quantitative estimate of drug-likeness (QED) is 0.753. The lowest BCUT2D eigenvalue weighted by Gasteiger charge is -2.36. The van der Waals surface area contributed by atoms with Crippen LogP contribution in [0.3, 0.4) is 0 Å². The Bertz CT molecular complexity index is 811. The summed E-state index contributed by atoms with van der Waals surface area (Å²) in [7, 11) is 0. The third kappa shape index (κ3) is 7.10. The van der Waals surface area contributed by atoms with Gasteiger partial charge in [0.15, 0.2) is 0 Å². The van der Waals surface area contributed by atoms with Gasteiger partial charge in [-0.1, -0.05) is 26.8 Å². The van der Waals surface area contributed by atoms with Crippen LogP contribution in [0.25, 0.3) is 0 Å². The second-order valence-electron chi connectivity index (χ2n) is 9.46. The Morgan fingerprint density at radius 3 is 2.70 bits per heavy atom. The summed E-state index contributed by atoms with van der Waals surface area (Å²) >= 11 is 0. The number of hydrogen-bond donors (Lipinski definition) is 1. The van der Waals surface area contributed by atoms with Crippen LogP contribution in [0.5, 0.6) is 5.75 Å². The van der Waals surface area contributed by atoms with Gasteiger partial charge < -0.3 is 15.0 Å². The van der Waals surface area contributed by atoms with E-state index >= 15 is 0 Å². The van der Waals surface area contributed by atoms with E-state index in [9.17, 15) is 4.79 Å². The Labute approximate surface area is 180 Å². The predicted molar refractivity (Wildman–Crippen MR) is 119 cm³/mol. The van der Waals surface area contributed by atoms with E-state index in [-0.39, 0.29) is 18.1 Å². The van der Waals surface area contributed by atoms with Crippen molar-refractivity contribution in [2.75, 3.05) is 19.6 Å². The molecule has 162 valence electrons. The zero-order chi connectivity index (χ0) is 21.6. The van der Waals surface area contributed by atoms with Crippen LogP contribution in [0.15, 0.2) is 42.9 Å². The van der Waals surface area contributed by atoms with Crippen molar-refractivity contribution in [2.24, 2.45) is 5.41 Å². The molecule has 2 aromatic rings. The van der Waals surface area contributed by atoms with Crippen LogP contribution in [-0.4, -0.2) is 52.6 Å². The first kappa shape index (κ1) is 22.2. The molecule has 1 unspecified atom stereocenters. The topological polar surface area (TPSA) is 67.3 Å². The van der Waals surface area contributed by atoms with E-state index in [1.807, 2.05) is 31.2 Å². The minimum atomic E-state index is -0.100. The molecule has 0 saturated carbocycles. The molecule has 1 amide bonds. The standard InChI is InChI=1S/C24H34N4O2/c1-18(14-20-16-25-10-11-26-20)27-23(29)19-6-5-7-22(15-19)30-21-8-12-28(13-9-21)17-24(2,3)4/h5-7,10-11,15-16,18,21H,8-9,12-14,17H2,1-4H3,(H,27,29). The largest absolute Gasteiger partial charge is 0.490 e. The summed E-state index contributed by atoms with van der Waals surface area (Å²) in [5.41, 5.74) is 1.79. The molecule has 1 saturated heterocycles. The third-order valence-corrected chi connectivity index (χ3v) is 5.14. The molecule has 0 aliphatic carbocycles. The first-order valence-electron chi connectivity index (χ1n) is 10.8. The van der Waals surface area contributed by atoms with Crippen molar-refractivity contribution < 1.29 is 9.53 Å². The van der Waals surface area contributed by atoms with Gasteiger partial charge in [0.1, 0.15) is 11.9 Å². The van der Waals surface area contributed by atoms with Crippen LogP contribution in [0.4, 0.5) is 0 Å². The number of ether oxygens (including phenoxy) is 1. The minimum Gasteiger partial charge on any atom is -0.490 e. The molecule has 0 spiro atoms. The first-order chi connectivity index (χ1) is 14.3. The monoisotopic (exact) mass is 410 g/mol. The number of rotatable bonds is 7. The smallest absolute Gasteiger partial charge is 0.251 e. The molecular weight excluding hydrogens is 376 g/mol. The van der Waals surface area contributed by atoms with Crippen LogP contribution in [0.1, 0.15) is 56.6 Å². The van der Waals surface area contributed by atoms with Gasteiger partial charge in [-0.2, -0.15) is 0 Å². The van der Waals surface area contributed by atoms with Crippen molar-refractivity contribution in [3.8, 4) is 5.75 Å². The first-order valence-corrected chi connectivity index (χ1v) is 10.8. The Hall–Kier alpha value is -2.47. The number of aromatic nitrogens is 2. The van der Waals surface area contributed by atoms with Crippen molar-refractivity contribution in [1.82, 2.24) is 20.2 Å². The van der Waals surface area contributed by atoms with Crippen LogP contribution in [-0.2, 0) is 6.42 Å². The van der Waals surface area contributed by atoms with Crippen molar-refractivity contribution in [2.45, 2.75) is 59.1 Å². The summed E-state index contributed by atoms with van der Waals surface area (Å²) in [6.45, 7) is 12.0. The van der Waals surface area contributed by atoms with Crippen molar-refractivity contribution in [3.63, 3.8) is 0 Å². The number of piperidine rings is 1. The van der Waals surface area contributed by atoms with Crippen LogP contribution >= 0.6 is 0 Å². The molecule has 1 aromatic carbocycles. The van der Waals surface area contributed by atoms with Gasteiger partial charge in [0.05, 0.1) is 5.69 Å². The lowest BCUT2D eigenvalue weighted by Crippen LogP contribution is -2.42. The molecule has 30 heavy (non-hydrogen) atoms. The highest BCUT2D eigenvalue weighted by Crippen LogP contribution is 2.23. The number of amides is 1. The molecule has 1 N–H and O–H groups in total. The number of likely N-dealkylation sites (tertiary alicyclic amines) is 1. The zero-order valence-corrected chi connectivity index (χ0v) is 18.6. The van der Waals surface area contributed by atoms with Gasteiger partial charge in [0.2, 0.25) is 0 Å². The van der Waals surface area contributed by atoms with Crippen molar-refractivity contribution in [1.29, 1.82) is 0 Å². The molecule has 6 nitrogen and oxygen atoms in total. The Morgan fingerprint density at radius 1 is 1.27 bits per heavy atom. The average molecular weight is 411 g/mol. The molecule has 3 rings (SSSR count). The summed E-state index contributed by atoms with van der Waals surface area (Å²) in [6.07, 6.45) is 7.91. The average Bonchev–Trinajstić information content (AvgIpc) is 2.69. The fourth-order valence-corrected chi connectivity index (χ4v) is 3.87. The summed E-state index contributed by atoms with van der Waals surface area (Å²) in [5.74, 6) is 0.662. The highest BCUT2D eigenvalue weighted by atomic mass is 16.5. The zero-order valence-electron chi connectivity index (χ0n) is 18.6. The Balaban J connectivity index is 1.50. The van der Waals surface area contributed by atoms with E-state index in [0.717, 1.165) is 43.9 Å². The summed E-state index contributed by atoms with van der Waals surface area (Å²) < 4.78 is 6.20. The number of nitrogens with zero attached hydrogens (tertiary/aromatic N) is 3. The molecule has 0 bridgehead atoms. The maximum absolute atomic E-state index is 12.7. The van der Waals surface area contributed by atoms with E-state index in [1.54, 1.807) is 18.6 Å². The second kappa shape index (κ2) is 10.0. The van der Waals surface area contributed by atoms with E-state index in [1.165, 1.54) is 0 Å². The van der Waals surface area contributed by atoms with E-state index in [2.05, 4.69) is 41.0 Å². The number of hydrogen-bond acceptors (Lipinski definition) is 5. The molecule has 1 fully saturated rings. The Kier molecular flexibility index (Phi) is 7.43. The number of benzene rings is 1. The van der Waals surface area contributed by atoms with Crippen LogP contribution in [0.2, 0.25) is 0 Å². The normalized spacial score (nSPS) is 16.8. The summed E-state index contributed by atoms with van der Waals surface area (Å²) in [5, 5.41) is 3.03. The molecule has 0 radical (unpaired) electrons. The molecule has 2 heterocycles. The lowest BCUT2D eigenvalue weighted by molar-refractivity contribution is 0.0808. The fraction of sp³-hybridized carbons (Fsp3) is 0.542. The maximum Gasteiger partial charge on any atom is 0.251 e. The summed E-state index contributed by atoms with van der Waals surface area (Å²) in [6, 6.07) is 7.44. The van der Waals surface area contributed by atoms with Gasteiger partial charge in [-0.15, -0.1) is 0 Å². The van der Waals surface area contributed by atoms with Gasteiger partial charge >= 0.3 is 0 Å². The van der Waals surface area contributed by atoms with Crippen LogP contribution < -0.4 is 10.1 Å². The van der Waals surface area contributed by atoms with Crippen molar-refractivity contribution in [3.05, 3.63) is 54.1 Å². The van der Waals surface area contributed by atoms with E-state index < -0.39 is 0 Å². The number of carbonyl (C=O) groups excluding carboxylic acids is 1. The number of nitrogens with one attached hydrogen (secondary N) is 1. The van der Waals surface area contributed by atoms with Crippen LogP contribution in [0, 0.1) is 5.41 Å². The van der Waals surface area contributed by atoms with Gasteiger partial charge in [-0.25, -0.2) is 0 Å². The number of carbonyl (C=O) groups is 1. The highest BCUT2D eigenvalue weighted by Gasteiger charge is 2.24. The van der Waals surface area contributed by atoms with E-state index in [4.69, 9.17) is 4.74 Å². The Morgan fingerprint density at radius 2 is 2.03 bits per heavy atom. The van der Waals surface area contributed by atoms with Gasteiger partial charge in [0.25, 0.3) is 5.91 Å². The third-order valence-electron chi connectivity index (χ3n) is 5.14.